The fraction of sp³-hybridized carbons (Fsp3) is 0.273. The average molecular weight is 424 g/mol. The summed E-state index contributed by atoms with van der Waals surface area (Å²) in [4.78, 5) is 42.7. The normalized spacial score (nSPS) is 19.0. The zero-order chi connectivity index (χ0) is 20.8. The van der Waals surface area contributed by atoms with Crippen LogP contribution >= 0.6 is 11.6 Å². The number of carbonyl (C=O) groups is 3. The van der Waals surface area contributed by atoms with Crippen molar-refractivity contribution in [2.75, 3.05) is 6.54 Å². The van der Waals surface area contributed by atoms with Gasteiger partial charge in [0.05, 0.1) is 0 Å². The van der Waals surface area contributed by atoms with Crippen molar-refractivity contribution in [2.24, 2.45) is 0 Å². The van der Waals surface area contributed by atoms with E-state index in [1.54, 1.807) is 23.1 Å². The fourth-order valence-corrected chi connectivity index (χ4v) is 4.23. The van der Waals surface area contributed by atoms with Crippen LogP contribution in [-0.2, 0) is 22.6 Å². The zero-order valence-corrected chi connectivity index (χ0v) is 16.7. The molecule has 2 aliphatic heterocycles. The molecule has 2 aromatic carbocycles. The third-order valence-electron chi connectivity index (χ3n) is 5.66. The van der Waals surface area contributed by atoms with E-state index in [0.717, 1.165) is 12.0 Å². The van der Waals surface area contributed by atoms with Gasteiger partial charge in [-0.15, -0.1) is 0 Å². The number of hydrogen-bond acceptors (Lipinski definition) is 5. The number of rotatable bonds is 2. The van der Waals surface area contributed by atoms with Crippen molar-refractivity contribution in [1.82, 2.24) is 15.2 Å². The number of fused-ring (bicyclic) bond motifs is 2. The number of oxazole rings is 1. The van der Waals surface area contributed by atoms with Crippen molar-refractivity contribution in [3.05, 3.63) is 64.0 Å². The second-order valence-corrected chi connectivity index (χ2v) is 8.06. The van der Waals surface area contributed by atoms with E-state index in [9.17, 15) is 14.4 Å². The molecule has 1 saturated heterocycles. The molecule has 3 aromatic rings. The van der Waals surface area contributed by atoms with E-state index >= 15 is 0 Å². The molecule has 0 spiro atoms. The van der Waals surface area contributed by atoms with Gasteiger partial charge in [-0.05, 0) is 54.3 Å². The maximum Gasteiger partial charge on any atom is 0.254 e. The minimum atomic E-state index is -0.599. The molecule has 152 valence electrons. The summed E-state index contributed by atoms with van der Waals surface area (Å²) >= 11 is 6.10. The largest absolute Gasteiger partial charge is 0.440 e. The number of aromatic nitrogens is 1. The summed E-state index contributed by atoms with van der Waals surface area (Å²) in [5, 5.41) is 2.97. The monoisotopic (exact) mass is 423 g/mol. The van der Waals surface area contributed by atoms with Crippen LogP contribution in [0, 0.1) is 0 Å². The molecular weight excluding hydrogens is 406 g/mol. The van der Waals surface area contributed by atoms with Gasteiger partial charge in [-0.3, -0.25) is 19.7 Å². The quantitative estimate of drug-likeness (QED) is 0.639. The summed E-state index contributed by atoms with van der Waals surface area (Å²) in [6.07, 6.45) is 1.39. The Kier molecular flexibility index (Phi) is 4.55. The van der Waals surface area contributed by atoms with Crippen LogP contribution in [0.5, 0.6) is 0 Å². The van der Waals surface area contributed by atoms with Crippen LogP contribution in [0.4, 0.5) is 0 Å². The molecule has 2 aliphatic rings. The van der Waals surface area contributed by atoms with Gasteiger partial charge in [-0.2, -0.15) is 0 Å². The summed E-state index contributed by atoms with van der Waals surface area (Å²) in [6, 6.07) is 10.9. The molecule has 0 saturated carbocycles. The maximum atomic E-state index is 13.1. The molecule has 1 N–H and O–H groups in total. The lowest BCUT2D eigenvalue weighted by atomic mass is 9.98. The molecule has 8 heteroatoms. The van der Waals surface area contributed by atoms with Gasteiger partial charge in [0.2, 0.25) is 17.7 Å². The Morgan fingerprint density at radius 2 is 2.00 bits per heavy atom. The van der Waals surface area contributed by atoms with Crippen molar-refractivity contribution in [3.63, 3.8) is 0 Å². The number of carbonyl (C=O) groups excluding carboxylic acids is 3. The second-order valence-electron chi connectivity index (χ2n) is 7.63. The van der Waals surface area contributed by atoms with E-state index in [0.29, 0.717) is 41.2 Å². The predicted octanol–water partition coefficient (Wildman–Crippen LogP) is 3.20. The van der Waals surface area contributed by atoms with Crippen molar-refractivity contribution < 1.29 is 18.8 Å². The Morgan fingerprint density at radius 3 is 2.83 bits per heavy atom. The standard InChI is InChI=1S/C22H18ClN3O4/c23-15-3-1-12-7-8-26(11-14(12)9-15)22(29)13-2-5-17-18(10-13)30-21(24-17)16-4-6-19(27)25-20(16)28/h1-3,5,9-10,16H,4,6-8,11H2,(H,25,27,28). The van der Waals surface area contributed by atoms with Crippen molar-refractivity contribution >= 4 is 40.4 Å². The highest BCUT2D eigenvalue weighted by atomic mass is 35.5. The lowest BCUT2D eigenvalue weighted by Crippen LogP contribution is -2.39. The number of piperidine rings is 1. The van der Waals surface area contributed by atoms with Crippen LogP contribution in [0.15, 0.2) is 40.8 Å². The van der Waals surface area contributed by atoms with Crippen molar-refractivity contribution in [3.8, 4) is 0 Å². The second kappa shape index (κ2) is 7.25. The number of nitrogens with zero attached hydrogens (tertiary/aromatic N) is 2. The first-order chi connectivity index (χ1) is 14.5. The smallest absolute Gasteiger partial charge is 0.254 e. The van der Waals surface area contributed by atoms with E-state index < -0.39 is 11.8 Å². The highest BCUT2D eigenvalue weighted by molar-refractivity contribution is 6.30. The molecule has 5 rings (SSSR count). The molecule has 1 unspecified atom stereocenters. The number of nitrogens with one attached hydrogen (secondary N) is 1. The van der Waals surface area contributed by atoms with Gasteiger partial charge in [0.25, 0.3) is 5.91 Å². The number of hydrogen-bond donors (Lipinski definition) is 1. The van der Waals surface area contributed by atoms with Gasteiger partial charge in [-0.1, -0.05) is 17.7 Å². The van der Waals surface area contributed by atoms with Gasteiger partial charge in [0.1, 0.15) is 11.4 Å². The van der Waals surface area contributed by atoms with Crippen LogP contribution in [0.2, 0.25) is 5.02 Å². The Bertz CT molecular complexity index is 1200. The first-order valence-corrected chi connectivity index (χ1v) is 10.2. The lowest BCUT2D eigenvalue weighted by Gasteiger charge is -2.29. The van der Waals surface area contributed by atoms with Crippen LogP contribution in [0.25, 0.3) is 11.1 Å². The Morgan fingerprint density at radius 1 is 1.13 bits per heavy atom. The van der Waals surface area contributed by atoms with Crippen molar-refractivity contribution in [2.45, 2.75) is 31.7 Å². The number of amides is 3. The Hall–Kier alpha value is -3.19. The van der Waals surface area contributed by atoms with Gasteiger partial charge in [-0.25, -0.2) is 4.98 Å². The third-order valence-corrected chi connectivity index (χ3v) is 5.89. The average Bonchev–Trinajstić information content (AvgIpc) is 3.15. The molecule has 3 heterocycles. The van der Waals surface area contributed by atoms with Gasteiger partial charge < -0.3 is 9.32 Å². The number of halogens is 1. The molecule has 30 heavy (non-hydrogen) atoms. The summed E-state index contributed by atoms with van der Waals surface area (Å²) in [6.45, 7) is 1.13. The third kappa shape index (κ3) is 3.35. The molecule has 1 fully saturated rings. The fourth-order valence-electron chi connectivity index (χ4n) is 4.04. The Labute approximate surface area is 177 Å². The number of imide groups is 1. The maximum absolute atomic E-state index is 13.1. The molecule has 1 aromatic heterocycles. The summed E-state index contributed by atoms with van der Waals surface area (Å²) in [5.74, 6) is -1.12. The van der Waals surface area contributed by atoms with E-state index in [1.165, 1.54) is 5.56 Å². The lowest BCUT2D eigenvalue weighted by molar-refractivity contribution is -0.134. The molecule has 1 atom stereocenters. The highest BCUT2D eigenvalue weighted by Gasteiger charge is 2.32. The highest BCUT2D eigenvalue weighted by Crippen LogP contribution is 2.29. The first-order valence-electron chi connectivity index (χ1n) is 9.79. The number of benzene rings is 2. The van der Waals surface area contributed by atoms with E-state index in [2.05, 4.69) is 10.3 Å². The van der Waals surface area contributed by atoms with Gasteiger partial charge in [0, 0.05) is 30.1 Å². The van der Waals surface area contributed by atoms with Crippen LogP contribution < -0.4 is 5.32 Å². The Balaban J connectivity index is 1.39. The van der Waals surface area contributed by atoms with E-state index in [4.69, 9.17) is 16.0 Å². The first kappa shape index (κ1) is 18.8. The molecule has 3 amide bonds. The topological polar surface area (TPSA) is 92.5 Å². The zero-order valence-electron chi connectivity index (χ0n) is 16.0. The summed E-state index contributed by atoms with van der Waals surface area (Å²) < 4.78 is 5.79. The SMILES string of the molecule is O=C1CCC(c2nc3ccc(C(=O)N4CCc5ccc(Cl)cc5C4)cc3o2)C(=O)N1. The van der Waals surface area contributed by atoms with Crippen LogP contribution in [-0.4, -0.2) is 34.2 Å². The summed E-state index contributed by atoms with van der Waals surface area (Å²) in [5.41, 5.74) is 3.79. The summed E-state index contributed by atoms with van der Waals surface area (Å²) in [7, 11) is 0. The van der Waals surface area contributed by atoms with E-state index in [1.807, 2.05) is 18.2 Å². The molecule has 0 aliphatic carbocycles. The van der Waals surface area contributed by atoms with Crippen LogP contribution in [0.3, 0.4) is 0 Å². The molecule has 0 radical (unpaired) electrons. The van der Waals surface area contributed by atoms with Gasteiger partial charge >= 0.3 is 0 Å². The van der Waals surface area contributed by atoms with Gasteiger partial charge in [0.15, 0.2) is 5.58 Å². The molecular formula is C22H18ClN3O4. The van der Waals surface area contributed by atoms with Crippen LogP contribution in [0.1, 0.15) is 46.1 Å². The molecule has 7 nitrogen and oxygen atoms in total. The molecule has 0 bridgehead atoms. The predicted molar refractivity (Wildman–Crippen MR) is 109 cm³/mol. The van der Waals surface area contributed by atoms with Crippen molar-refractivity contribution in [1.29, 1.82) is 0 Å². The minimum absolute atomic E-state index is 0.0959. The van der Waals surface area contributed by atoms with E-state index in [-0.39, 0.29) is 24.1 Å². The minimum Gasteiger partial charge on any atom is -0.440 e.